The van der Waals surface area contributed by atoms with E-state index in [1.165, 1.54) is 6.07 Å². The SMILES string of the molecule is O=C(CCc1c(F)cc(Cl)cc1Cl)[C@]1(F)CC[C@@]2(CO2)c2ncccc21. The van der Waals surface area contributed by atoms with Crippen molar-refractivity contribution in [2.24, 2.45) is 0 Å². The molecule has 7 heteroatoms. The summed E-state index contributed by atoms with van der Waals surface area (Å²) in [6, 6.07) is 5.73. The van der Waals surface area contributed by atoms with Crippen molar-refractivity contribution in [3.05, 3.63) is 63.1 Å². The number of benzene rings is 1. The van der Waals surface area contributed by atoms with Crippen LogP contribution in [0.1, 0.15) is 36.1 Å². The van der Waals surface area contributed by atoms with Crippen LogP contribution in [-0.4, -0.2) is 17.4 Å². The lowest BCUT2D eigenvalue weighted by Crippen LogP contribution is -2.39. The number of aromatic nitrogens is 1. The molecule has 0 N–H and O–H groups in total. The maximum atomic E-state index is 15.7. The number of ketones is 1. The van der Waals surface area contributed by atoms with Gasteiger partial charge in [0.15, 0.2) is 11.5 Å². The number of nitrogens with zero attached hydrogens (tertiary/aromatic N) is 1. The molecule has 1 aromatic carbocycles. The topological polar surface area (TPSA) is 42.5 Å². The summed E-state index contributed by atoms with van der Waals surface area (Å²) in [7, 11) is 0. The van der Waals surface area contributed by atoms with Crippen molar-refractivity contribution >= 4 is 29.0 Å². The highest BCUT2D eigenvalue weighted by Gasteiger charge is 2.58. The lowest BCUT2D eigenvalue weighted by Gasteiger charge is -2.33. The first-order valence-electron chi connectivity index (χ1n) is 8.31. The molecule has 4 rings (SSSR count). The van der Waals surface area contributed by atoms with Crippen molar-refractivity contribution in [1.82, 2.24) is 4.98 Å². The number of carbonyl (C=O) groups excluding carboxylic acids is 1. The van der Waals surface area contributed by atoms with Crippen LogP contribution in [0.3, 0.4) is 0 Å². The van der Waals surface area contributed by atoms with Gasteiger partial charge in [-0.05, 0) is 37.5 Å². The quantitative estimate of drug-likeness (QED) is 0.688. The molecule has 0 saturated carbocycles. The zero-order chi connectivity index (χ0) is 18.5. The maximum Gasteiger partial charge on any atom is 0.195 e. The number of hydrogen-bond acceptors (Lipinski definition) is 3. The van der Waals surface area contributed by atoms with Crippen molar-refractivity contribution in [2.75, 3.05) is 6.61 Å². The van der Waals surface area contributed by atoms with E-state index in [-0.39, 0.29) is 40.4 Å². The normalized spacial score (nSPS) is 26.6. The molecule has 1 saturated heterocycles. The van der Waals surface area contributed by atoms with Gasteiger partial charge in [-0.3, -0.25) is 9.78 Å². The fraction of sp³-hybridized carbons (Fsp3) is 0.368. The number of fused-ring (bicyclic) bond motifs is 2. The molecule has 0 radical (unpaired) electrons. The molecule has 0 amide bonds. The molecule has 1 aliphatic carbocycles. The van der Waals surface area contributed by atoms with Crippen LogP contribution in [0.2, 0.25) is 10.0 Å². The van der Waals surface area contributed by atoms with Crippen LogP contribution < -0.4 is 0 Å². The number of ether oxygens (including phenoxy) is 1. The van der Waals surface area contributed by atoms with Crippen molar-refractivity contribution in [3.8, 4) is 0 Å². The Kier molecular flexibility index (Phi) is 4.29. The minimum Gasteiger partial charge on any atom is -0.363 e. The molecule has 0 unspecified atom stereocenters. The molecule has 2 heterocycles. The van der Waals surface area contributed by atoms with Crippen molar-refractivity contribution in [1.29, 1.82) is 0 Å². The van der Waals surface area contributed by atoms with Gasteiger partial charge in [-0.15, -0.1) is 0 Å². The number of epoxide rings is 1. The molecule has 1 fully saturated rings. The predicted molar refractivity (Wildman–Crippen MR) is 93.6 cm³/mol. The van der Waals surface area contributed by atoms with E-state index in [1.54, 1.807) is 18.3 Å². The molecule has 1 aliphatic heterocycles. The van der Waals surface area contributed by atoms with Gasteiger partial charge in [-0.25, -0.2) is 8.78 Å². The Labute approximate surface area is 159 Å². The third-order valence-corrected chi connectivity index (χ3v) is 5.74. The van der Waals surface area contributed by atoms with E-state index in [2.05, 4.69) is 4.98 Å². The van der Waals surface area contributed by atoms with Gasteiger partial charge < -0.3 is 4.74 Å². The monoisotopic (exact) mass is 397 g/mol. The standard InChI is InChI=1S/C19H15Cl2F2NO2/c20-11-8-14(21)12(15(22)9-11)3-4-16(25)19(23)6-5-18(10-26-18)17-13(19)2-1-7-24-17/h1-2,7-9H,3-6,10H2/t18-,19+/m1/s1. The Bertz CT molecular complexity index is 878. The average molecular weight is 398 g/mol. The van der Waals surface area contributed by atoms with E-state index >= 15 is 4.39 Å². The minimum atomic E-state index is -2.14. The second-order valence-corrected chi connectivity index (χ2v) is 7.60. The van der Waals surface area contributed by atoms with Crippen LogP contribution in [0.4, 0.5) is 8.78 Å². The van der Waals surface area contributed by atoms with Gasteiger partial charge >= 0.3 is 0 Å². The zero-order valence-corrected chi connectivity index (χ0v) is 15.2. The average Bonchev–Trinajstić information content (AvgIpc) is 3.38. The minimum absolute atomic E-state index is 0.00355. The Balaban J connectivity index is 1.59. The van der Waals surface area contributed by atoms with Crippen LogP contribution in [-0.2, 0) is 27.2 Å². The molecule has 2 atom stereocenters. The number of Topliss-reactive ketones (excluding diaryl/α,β-unsaturated/α-hetero) is 1. The highest BCUT2D eigenvalue weighted by molar-refractivity contribution is 6.35. The summed E-state index contributed by atoms with van der Waals surface area (Å²) in [5.74, 6) is -1.20. The first-order valence-corrected chi connectivity index (χ1v) is 9.07. The molecular weight excluding hydrogens is 383 g/mol. The summed E-state index contributed by atoms with van der Waals surface area (Å²) in [5.41, 5.74) is -1.76. The van der Waals surface area contributed by atoms with Crippen molar-refractivity contribution in [3.63, 3.8) is 0 Å². The zero-order valence-electron chi connectivity index (χ0n) is 13.7. The van der Waals surface area contributed by atoms with Crippen LogP contribution in [0, 0.1) is 5.82 Å². The summed E-state index contributed by atoms with van der Waals surface area (Å²) >= 11 is 11.8. The number of carbonyl (C=O) groups is 1. The number of hydrogen-bond donors (Lipinski definition) is 0. The van der Waals surface area contributed by atoms with Crippen LogP contribution in [0.25, 0.3) is 0 Å². The molecule has 1 spiro atoms. The lowest BCUT2D eigenvalue weighted by atomic mass is 9.74. The summed E-state index contributed by atoms with van der Waals surface area (Å²) in [6.45, 7) is 0.493. The van der Waals surface area contributed by atoms with E-state index in [9.17, 15) is 9.18 Å². The highest BCUT2D eigenvalue weighted by atomic mass is 35.5. The molecule has 136 valence electrons. The first kappa shape index (κ1) is 17.8. The van der Waals surface area contributed by atoms with Gasteiger partial charge in [-0.2, -0.15) is 0 Å². The predicted octanol–water partition coefficient (Wildman–Crippen LogP) is 4.91. The number of halogens is 4. The molecule has 3 nitrogen and oxygen atoms in total. The lowest BCUT2D eigenvalue weighted by molar-refractivity contribution is -0.132. The summed E-state index contributed by atoms with van der Waals surface area (Å²) in [5, 5.41) is 0.304. The van der Waals surface area contributed by atoms with Gasteiger partial charge in [0.05, 0.1) is 12.3 Å². The van der Waals surface area contributed by atoms with Gasteiger partial charge in [0.25, 0.3) is 0 Å². The molecule has 2 aromatic rings. The largest absolute Gasteiger partial charge is 0.363 e. The Morgan fingerprint density at radius 1 is 1.31 bits per heavy atom. The number of pyridine rings is 1. The smallest absolute Gasteiger partial charge is 0.195 e. The number of alkyl halides is 1. The second-order valence-electron chi connectivity index (χ2n) is 6.75. The molecule has 2 aliphatic rings. The fourth-order valence-corrected chi connectivity index (χ4v) is 4.18. The van der Waals surface area contributed by atoms with Crippen LogP contribution >= 0.6 is 23.2 Å². The van der Waals surface area contributed by atoms with Crippen molar-refractivity contribution in [2.45, 2.75) is 37.0 Å². The Morgan fingerprint density at radius 2 is 2.08 bits per heavy atom. The van der Waals surface area contributed by atoms with Gasteiger partial charge in [0, 0.05) is 33.8 Å². The van der Waals surface area contributed by atoms with E-state index in [0.29, 0.717) is 18.7 Å². The number of rotatable bonds is 4. The second kappa shape index (κ2) is 6.25. The van der Waals surface area contributed by atoms with E-state index in [4.69, 9.17) is 27.9 Å². The maximum absolute atomic E-state index is 15.7. The fourth-order valence-electron chi connectivity index (χ4n) is 3.62. The molecule has 0 bridgehead atoms. The molecular formula is C19H15Cl2F2NO2. The van der Waals surface area contributed by atoms with Crippen molar-refractivity contribution < 1.29 is 18.3 Å². The van der Waals surface area contributed by atoms with E-state index in [1.807, 2.05) is 0 Å². The summed E-state index contributed by atoms with van der Waals surface area (Å²) in [4.78, 5) is 17.0. The molecule has 26 heavy (non-hydrogen) atoms. The molecule has 1 aromatic heterocycles. The van der Waals surface area contributed by atoms with E-state index < -0.39 is 22.9 Å². The Morgan fingerprint density at radius 3 is 2.77 bits per heavy atom. The van der Waals surface area contributed by atoms with Crippen LogP contribution in [0.5, 0.6) is 0 Å². The van der Waals surface area contributed by atoms with Gasteiger partial charge in [-0.1, -0.05) is 29.3 Å². The summed E-state index contributed by atoms with van der Waals surface area (Å²) < 4.78 is 35.2. The third-order valence-electron chi connectivity index (χ3n) is 5.18. The highest BCUT2D eigenvalue weighted by Crippen LogP contribution is 2.53. The Hall–Kier alpha value is -1.56. The third kappa shape index (κ3) is 2.82. The van der Waals surface area contributed by atoms with E-state index in [0.717, 1.165) is 6.07 Å². The van der Waals surface area contributed by atoms with Crippen LogP contribution in [0.15, 0.2) is 30.5 Å². The first-order chi connectivity index (χ1) is 12.4. The summed E-state index contributed by atoms with van der Waals surface area (Å²) in [6.07, 6.45) is 1.83. The van der Waals surface area contributed by atoms with Gasteiger partial charge in [0.1, 0.15) is 11.4 Å². The van der Waals surface area contributed by atoms with Gasteiger partial charge in [0.2, 0.25) is 0 Å².